The van der Waals surface area contributed by atoms with Crippen molar-refractivity contribution in [3.63, 3.8) is 0 Å². The second-order valence-corrected chi connectivity index (χ2v) is 4.28. The summed E-state index contributed by atoms with van der Waals surface area (Å²) in [6, 6.07) is 1.82. The van der Waals surface area contributed by atoms with Gasteiger partial charge in [0.25, 0.3) is 0 Å². The van der Waals surface area contributed by atoms with Gasteiger partial charge in [0.2, 0.25) is 11.8 Å². The average molecular weight is 303 g/mol. The van der Waals surface area contributed by atoms with Gasteiger partial charge in [-0.25, -0.2) is 0 Å². The summed E-state index contributed by atoms with van der Waals surface area (Å²) < 4.78 is 74.4. The predicted molar refractivity (Wildman–Crippen MR) is 54.2 cm³/mol. The predicted octanol–water partition coefficient (Wildman–Crippen LogP) is 1.39. The molecule has 4 nitrogen and oxygen atoms in total. The molecule has 10 heteroatoms. The molecule has 0 unspecified atom stereocenters. The molecule has 114 valence electrons. The van der Waals surface area contributed by atoms with Crippen LogP contribution in [0, 0.1) is 17.2 Å². The number of carbonyl (C=O) groups is 1. The molecule has 20 heavy (non-hydrogen) atoms. The van der Waals surface area contributed by atoms with Crippen LogP contribution >= 0.6 is 0 Å². The first-order valence-corrected chi connectivity index (χ1v) is 5.59. The summed E-state index contributed by atoms with van der Waals surface area (Å²) in [5.41, 5.74) is 0. The van der Waals surface area contributed by atoms with Gasteiger partial charge in [-0.15, -0.1) is 0 Å². The Balaban J connectivity index is 2.76. The monoisotopic (exact) mass is 303 g/mol. The van der Waals surface area contributed by atoms with E-state index in [-0.39, 0.29) is 32.7 Å². The molecule has 0 aliphatic carbocycles. The second-order valence-electron chi connectivity index (χ2n) is 4.28. The summed E-state index contributed by atoms with van der Waals surface area (Å²) in [6.07, 6.45) is -11.3. The Morgan fingerprint density at radius 1 is 1.05 bits per heavy atom. The van der Waals surface area contributed by atoms with E-state index in [2.05, 4.69) is 0 Å². The van der Waals surface area contributed by atoms with Gasteiger partial charge in [0.15, 0.2) is 0 Å². The Morgan fingerprint density at radius 3 is 1.85 bits per heavy atom. The summed E-state index contributed by atoms with van der Waals surface area (Å²) >= 11 is 0. The molecule has 1 rings (SSSR count). The summed E-state index contributed by atoms with van der Waals surface area (Å²) in [6.45, 7) is -0.361. The molecular weight excluding hydrogens is 292 g/mol. The molecule has 0 spiro atoms. The van der Waals surface area contributed by atoms with Crippen LogP contribution in [0.1, 0.15) is 0 Å². The number of rotatable bonds is 2. The number of nitriles is 1. The molecule has 0 aromatic heterocycles. The Bertz CT molecular complexity index is 377. The highest BCUT2D eigenvalue weighted by molar-refractivity contribution is 5.80. The molecule has 0 atom stereocenters. The van der Waals surface area contributed by atoms with Gasteiger partial charge in [0, 0.05) is 26.2 Å². The first-order valence-electron chi connectivity index (χ1n) is 5.59. The van der Waals surface area contributed by atoms with Crippen molar-refractivity contribution in [3.8, 4) is 6.07 Å². The maximum absolute atomic E-state index is 12.4. The van der Waals surface area contributed by atoms with E-state index < -0.39 is 24.2 Å². The zero-order valence-corrected chi connectivity index (χ0v) is 10.1. The molecule has 0 aromatic carbocycles. The van der Waals surface area contributed by atoms with Gasteiger partial charge < -0.3 is 4.90 Å². The molecule has 1 heterocycles. The molecule has 1 saturated heterocycles. The van der Waals surface area contributed by atoms with Gasteiger partial charge in [0.1, 0.15) is 0 Å². The highest BCUT2D eigenvalue weighted by Gasteiger charge is 2.62. The van der Waals surface area contributed by atoms with E-state index in [1.807, 2.05) is 6.07 Å². The van der Waals surface area contributed by atoms with Crippen molar-refractivity contribution in [2.75, 3.05) is 32.7 Å². The van der Waals surface area contributed by atoms with Crippen LogP contribution in [0.4, 0.5) is 26.3 Å². The van der Waals surface area contributed by atoms with Crippen LogP contribution in [0.15, 0.2) is 0 Å². The molecule has 1 amide bonds. The number of hydrogen-bond donors (Lipinski definition) is 0. The fraction of sp³-hybridized carbons (Fsp3) is 0.800. The molecule has 1 aliphatic rings. The minimum atomic E-state index is -5.67. The fourth-order valence-electron chi connectivity index (χ4n) is 1.87. The topological polar surface area (TPSA) is 47.3 Å². The number of nitrogens with zero attached hydrogens (tertiary/aromatic N) is 3. The largest absolute Gasteiger partial charge is 0.409 e. The maximum Gasteiger partial charge on any atom is 0.409 e. The number of amides is 1. The van der Waals surface area contributed by atoms with E-state index >= 15 is 0 Å². The lowest BCUT2D eigenvalue weighted by Gasteiger charge is -2.36. The van der Waals surface area contributed by atoms with Crippen LogP contribution < -0.4 is 0 Å². The summed E-state index contributed by atoms with van der Waals surface area (Å²) in [5.74, 6) is -5.97. The van der Waals surface area contributed by atoms with E-state index in [1.165, 1.54) is 0 Å². The zero-order chi connectivity index (χ0) is 15.6. The van der Waals surface area contributed by atoms with Gasteiger partial charge >= 0.3 is 12.4 Å². The number of alkyl halides is 6. The first-order chi connectivity index (χ1) is 9.07. The highest BCUT2D eigenvalue weighted by atomic mass is 19.4. The van der Waals surface area contributed by atoms with Crippen LogP contribution in [0.2, 0.25) is 0 Å². The van der Waals surface area contributed by atoms with Gasteiger partial charge in [-0.2, -0.15) is 31.6 Å². The summed E-state index contributed by atoms with van der Waals surface area (Å²) in [7, 11) is 0. The summed E-state index contributed by atoms with van der Waals surface area (Å²) in [4.78, 5) is 13.5. The van der Waals surface area contributed by atoms with Crippen molar-refractivity contribution < 1.29 is 31.1 Å². The molecule has 0 bridgehead atoms. The van der Waals surface area contributed by atoms with Crippen molar-refractivity contribution in [1.29, 1.82) is 5.26 Å². The normalized spacial score (nSPS) is 18.2. The van der Waals surface area contributed by atoms with E-state index in [4.69, 9.17) is 5.26 Å². The van der Waals surface area contributed by atoms with Gasteiger partial charge in [0.05, 0.1) is 12.6 Å². The van der Waals surface area contributed by atoms with Crippen LogP contribution in [0.25, 0.3) is 0 Å². The molecule has 1 fully saturated rings. The van der Waals surface area contributed by atoms with Crippen molar-refractivity contribution >= 4 is 5.91 Å². The summed E-state index contributed by atoms with van der Waals surface area (Å²) in [5, 5.41) is 8.43. The number of halogens is 6. The Morgan fingerprint density at radius 2 is 1.50 bits per heavy atom. The average Bonchev–Trinajstić information content (AvgIpc) is 2.26. The van der Waals surface area contributed by atoms with E-state index in [1.54, 1.807) is 4.90 Å². The fourth-order valence-corrected chi connectivity index (χ4v) is 1.87. The molecule has 1 aliphatic heterocycles. The number of hydrogen-bond acceptors (Lipinski definition) is 3. The smallest absolute Gasteiger partial charge is 0.339 e. The Labute approximate surface area is 110 Å². The molecule has 0 N–H and O–H groups in total. The van der Waals surface area contributed by atoms with Crippen LogP contribution in [0.5, 0.6) is 0 Å². The van der Waals surface area contributed by atoms with Crippen LogP contribution in [-0.2, 0) is 4.79 Å². The van der Waals surface area contributed by atoms with Gasteiger partial charge in [-0.1, -0.05) is 0 Å². The molecule has 0 radical (unpaired) electrons. The zero-order valence-electron chi connectivity index (χ0n) is 10.1. The number of carbonyl (C=O) groups excluding carboxylic acids is 1. The third-order valence-electron chi connectivity index (χ3n) is 2.88. The van der Waals surface area contributed by atoms with Crippen molar-refractivity contribution in [2.45, 2.75) is 12.4 Å². The lowest BCUT2D eigenvalue weighted by Crippen LogP contribution is -2.55. The Hall–Kier alpha value is -1.50. The van der Waals surface area contributed by atoms with E-state index in [9.17, 15) is 31.1 Å². The SMILES string of the molecule is N#CCN1CCN(C(=O)C(C(F)(F)F)C(F)(F)F)CC1. The third kappa shape index (κ3) is 4.00. The number of piperazine rings is 1. The van der Waals surface area contributed by atoms with E-state index in [0.717, 1.165) is 0 Å². The lowest BCUT2D eigenvalue weighted by molar-refractivity contribution is -0.277. The highest BCUT2D eigenvalue weighted by Crippen LogP contribution is 2.40. The van der Waals surface area contributed by atoms with Crippen LogP contribution in [0.3, 0.4) is 0 Å². The Kier molecular flexibility index (Phi) is 4.86. The second kappa shape index (κ2) is 5.87. The van der Waals surface area contributed by atoms with Gasteiger partial charge in [-0.3, -0.25) is 9.69 Å². The van der Waals surface area contributed by atoms with E-state index in [0.29, 0.717) is 4.90 Å². The first kappa shape index (κ1) is 16.6. The van der Waals surface area contributed by atoms with Crippen molar-refractivity contribution in [1.82, 2.24) is 9.80 Å². The standard InChI is InChI=1S/C10H11F6N3O/c11-9(12,13)7(10(14,15)16)8(20)19-5-3-18(2-1-17)4-6-19/h7H,2-6H2. The minimum Gasteiger partial charge on any atom is -0.339 e. The molecule has 0 aromatic rings. The quantitative estimate of drug-likeness (QED) is 0.572. The van der Waals surface area contributed by atoms with Crippen LogP contribution in [-0.4, -0.2) is 60.8 Å². The van der Waals surface area contributed by atoms with Gasteiger partial charge in [-0.05, 0) is 0 Å². The van der Waals surface area contributed by atoms with Crippen molar-refractivity contribution in [3.05, 3.63) is 0 Å². The third-order valence-corrected chi connectivity index (χ3v) is 2.88. The lowest BCUT2D eigenvalue weighted by atomic mass is 10.1. The molecule has 0 saturated carbocycles. The minimum absolute atomic E-state index is 0.0179. The maximum atomic E-state index is 12.4. The molecular formula is C10H11F6N3O. The van der Waals surface area contributed by atoms with Crippen molar-refractivity contribution in [2.24, 2.45) is 5.92 Å².